The van der Waals surface area contributed by atoms with Crippen LogP contribution in [0.25, 0.3) is 10.9 Å². The lowest BCUT2D eigenvalue weighted by molar-refractivity contribution is 0.299. The first-order valence-electron chi connectivity index (χ1n) is 8.19. The van der Waals surface area contributed by atoms with E-state index in [-0.39, 0.29) is 6.61 Å². The standard InChI is InChI=1S/C18H27NO2/c1-2-3-4-5-6-7-12-21-16-8-9-18-17(13-16)15(10-11-20)14-19-18/h8-9,13-14,19-20H,2-7,10-12H2,1H3. The fraction of sp³-hybridized carbons (Fsp3) is 0.556. The monoisotopic (exact) mass is 289 g/mol. The fourth-order valence-corrected chi connectivity index (χ4v) is 2.65. The van der Waals surface area contributed by atoms with Gasteiger partial charge < -0.3 is 14.8 Å². The van der Waals surface area contributed by atoms with E-state index in [0.29, 0.717) is 6.42 Å². The summed E-state index contributed by atoms with van der Waals surface area (Å²) in [7, 11) is 0. The first-order chi connectivity index (χ1) is 10.3. The van der Waals surface area contributed by atoms with Crippen LogP contribution in [0.15, 0.2) is 24.4 Å². The maximum atomic E-state index is 9.08. The van der Waals surface area contributed by atoms with Crippen molar-refractivity contribution in [3.05, 3.63) is 30.0 Å². The van der Waals surface area contributed by atoms with Crippen molar-refractivity contribution < 1.29 is 9.84 Å². The molecule has 0 atom stereocenters. The molecule has 3 heteroatoms. The molecule has 0 saturated carbocycles. The second kappa shape index (κ2) is 8.73. The highest BCUT2D eigenvalue weighted by Crippen LogP contribution is 2.24. The Hall–Kier alpha value is -1.48. The zero-order chi connectivity index (χ0) is 14.9. The molecule has 0 spiro atoms. The van der Waals surface area contributed by atoms with E-state index < -0.39 is 0 Å². The lowest BCUT2D eigenvalue weighted by Gasteiger charge is -2.07. The largest absolute Gasteiger partial charge is 0.494 e. The Balaban J connectivity index is 1.80. The van der Waals surface area contributed by atoms with Crippen LogP contribution in [-0.4, -0.2) is 23.3 Å². The van der Waals surface area contributed by atoms with Gasteiger partial charge in [-0.05, 0) is 36.6 Å². The Labute approximate surface area is 127 Å². The molecule has 0 fully saturated rings. The van der Waals surface area contributed by atoms with Crippen molar-refractivity contribution in [2.75, 3.05) is 13.2 Å². The molecular formula is C18H27NO2. The SMILES string of the molecule is CCCCCCCCOc1ccc2[nH]cc(CCO)c2c1. The molecule has 1 aromatic carbocycles. The first kappa shape index (κ1) is 15.9. The molecule has 116 valence electrons. The van der Waals surface area contributed by atoms with E-state index in [1.807, 2.05) is 18.3 Å². The average Bonchev–Trinajstić information content (AvgIpc) is 2.89. The summed E-state index contributed by atoms with van der Waals surface area (Å²) in [6.45, 7) is 3.21. The highest BCUT2D eigenvalue weighted by atomic mass is 16.5. The average molecular weight is 289 g/mol. The smallest absolute Gasteiger partial charge is 0.120 e. The van der Waals surface area contributed by atoms with E-state index in [0.717, 1.165) is 35.2 Å². The predicted molar refractivity (Wildman–Crippen MR) is 88.0 cm³/mol. The summed E-state index contributed by atoms with van der Waals surface area (Å²) < 4.78 is 5.85. The van der Waals surface area contributed by atoms with E-state index in [2.05, 4.69) is 18.0 Å². The number of aromatic nitrogens is 1. The summed E-state index contributed by atoms with van der Waals surface area (Å²) in [5.41, 5.74) is 2.25. The van der Waals surface area contributed by atoms with Crippen LogP contribution in [0.4, 0.5) is 0 Å². The molecule has 0 amide bonds. The molecule has 2 aromatic rings. The van der Waals surface area contributed by atoms with Crippen LogP contribution >= 0.6 is 0 Å². The van der Waals surface area contributed by atoms with Crippen LogP contribution < -0.4 is 4.74 Å². The van der Waals surface area contributed by atoms with Gasteiger partial charge in [-0.3, -0.25) is 0 Å². The molecule has 2 N–H and O–H groups in total. The summed E-state index contributed by atoms with van der Waals surface area (Å²) in [6, 6.07) is 6.14. The minimum absolute atomic E-state index is 0.176. The summed E-state index contributed by atoms with van der Waals surface area (Å²) in [6.07, 6.45) is 10.3. The summed E-state index contributed by atoms with van der Waals surface area (Å²) >= 11 is 0. The predicted octanol–water partition coefficient (Wildman–Crippen LogP) is 4.44. The number of unbranched alkanes of at least 4 members (excludes halogenated alkanes) is 5. The summed E-state index contributed by atoms with van der Waals surface area (Å²) in [4.78, 5) is 3.23. The number of H-pyrrole nitrogens is 1. The van der Waals surface area contributed by atoms with E-state index >= 15 is 0 Å². The quantitative estimate of drug-likeness (QED) is 0.635. The van der Waals surface area contributed by atoms with Crippen LogP contribution in [0.3, 0.4) is 0 Å². The molecule has 3 nitrogen and oxygen atoms in total. The maximum Gasteiger partial charge on any atom is 0.120 e. The maximum absolute atomic E-state index is 9.08. The molecular weight excluding hydrogens is 262 g/mol. The molecule has 0 bridgehead atoms. The van der Waals surface area contributed by atoms with Crippen LogP contribution in [0.5, 0.6) is 5.75 Å². The van der Waals surface area contributed by atoms with Gasteiger partial charge in [-0.15, -0.1) is 0 Å². The number of hydrogen-bond donors (Lipinski definition) is 2. The van der Waals surface area contributed by atoms with Gasteiger partial charge >= 0.3 is 0 Å². The number of benzene rings is 1. The van der Waals surface area contributed by atoms with Gasteiger partial charge in [0.15, 0.2) is 0 Å². The Bertz CT molecular complexity index is 533. The highest BCUT2D eigenvalue weighted by Gasteiger charge is 2.04. The van der Waals surface area contributed by atoms with Crippen molar-refractivity contribution in [3.63, 3.8) is 0 Å². The third-order valence-corrected chi connectivity index (χ3v) is 3.89. The third kappa shape index (κ3) is 4.78. The minimum Gasteiger partial charge on any atom is -0.494 e. The van der Waals surface area contributed by atoms with Crippen molar-refractivity contribution in [2.24, 2.45) is 0 Å². The molecule has 2 rings (SSSR count). The number of rotatable bonds is 10. The highest BCUT2D eigenvalue weighted by molar-refractivity contribution is 5.84. The molecule has 1 aromatic heterocycles. The first-order valence-corrected chi connectivity index (χ1v) is 8.19. The zero-order valence-corrected chi connectivity index (χ0v) is 13.0. The Morgan fingerprint density at radius 2 is 1.90 bits per heavy atom. The summed E-state index contributed by atoms with van der Waals surface area (Å²) in [5, 5.41) is 10.2. The van der Waals surface area contributed by atoms with E-state index in [1.54, 1.807) is 0 Å². The van der Waals surface area contributed by atoms with Gasteiger partial charge in [-0.25, -0.2) is 0 Å². The van der Waals surface area contributed by atoms with Crippen LogP contribution in [-0.2, 0) is 6.42 Å². The lowest BCUT2D eigenvalue weighted by atomic mass is 10.1. The van der Waals surface area contributed by atoms with Gasteiger partial charge in [-0.2, -0.15) is 0 Å². The van der Waals surface area contributed by atoms with Gasteiger partial charge in [0.25, 0.3) is 0 Å². The van der Waals surface area contributed by atoms with Crippen LogP contribution in [0, 0.1) is 0 Å². The number of ether oxygens (including phenoxy) is 1. The van der Waals surface area contributed by atoms with Gasteiger partial charge in [0.05, 0.1) is 6.61 Å². The lowest BCUT2D eigenvalue weighted by Crippen LogP contribution is -1.97. The van der Waals surface area contributed by atoms with Crippen molar-refractivity contribution >= 4 is 10.9 Å². The van der Waals surface area contributed by atoms with Gasteiger partial charge in [0.2, 0.25) is 0 Å². The van der Waals surface area contributed by atoms with E-state index in [9.17, 15) is 0 Å². The molecule has 0 saturated heterocycles. The van der Waals surface area contributed by atoms with E-state index in [4.69, 9.17) is 9.84 Å². The number of fused-ring (bicyclic) bond motifs is 1. The van der Waals surface area contributed by atoms with Crippen LogP contribution in [0.1, 0.15) is 51.0 Å². The van der Waals surface area contributed by atoms with Gasteiger partial charge in [-0.1, -0.05) is 39.0 Å². The number of hydrogen-bond acceptors (Lipinski definition) is 2. The van der Waals surface area contributed by atoms with Crippen molar-refractivity contribution in [1.82, 2.24) is 4.98 Å². The van der Waals surface area contributed by atoms with E-state index in [1.165, 1.54) is 32.1 Å². The Morgan fingerprint density at radius 3 is 2.71 bits per heavy atom. The minimum atomic E-state index is 0.176. The normalized spacial score (nSPS) is 11.1. The molecule has 0 aliphatic heterocycles. The second-order valence-corrected chi connectivity index (χ2v) is 5.61. The zero-order valence-electron chi connectivity index (χ0n) is 13.0. The number of aliphatic hydroxyl groups is 1. The second-order valence-electron chi connectivity index (χ2n) is 5.61. The molecule has 0 unspecified atom stereocenters. The Morgan fingerprint density at radius 1 is 1.10 bits per heavy atom. The van der Waals surface area contributed by atoms with Gasteiger partial charge in [0, 0.05) is 23.7 Å². The fourth-order valence-electron chi connectivity index (χ4n) is 2.65. The van der Waals surface area contributed by atoms with Crippen molar-refractivity contribution in [3.8, 4) is 5.75 Å². The van der Waals surface area contributed by atoms with Crippen molar-refractivity contribution in [2.45, 2.75) is 51.9 Å². The molecule has 0 aliphatic carbocycles. The summed E-state index contributed by atoms with van der Waals surface area (Å²) in [5.74, 6) is 0.926. The number of aliphatic hydroxyl groups excluding tert-OH is 1. The number of nitrogens with one attached hydrogen (secondary N) is 1. The third-order valence-electron chi connectivity index (χ3n) is 3.89. The topological polar surface area (TPSA) is 45.2 Å². The molecule has 1 heterocycles. The Kier molecular flexibility index (Phi) is 6.61. The molecule has 21 heavy (non-hydrogen) atoms. The molecule has 0 aliphatic rings. The molecule has 0 radical (unpaired) electrons. The van der Waals surface area contributed by atoms with Gasteiger partial charge in [0.1, 0.15) is 5.75 Å². The number of aromatic amines is 1. The van der Waals surface area contributed by atoms with Crippen molar-refractivity contribution in [1.29, 1.82) is 0 Å². The van der Waals surface area contributed by atoms with Crippen LogP contribution in [0.2, 0.25) is 0 Å².